The van der Waals surface area contributed by atoms with Crippen molar-refractivity contribution in [3.8, 4) is 0 Å². The van der Waals surface area contributed by atoms with Crippen molar-refractivity contribution in [2.24, 2.45) is 0 Å². The van der Waals surface area contributed by atoms with Gasteiger partial charge in [0.1, 0.15) is 11.6 Å². The first-order valence-corrected chi connectivity index (χ1v) is 5.55. The number of nitrogens with one attached hydrogen (secondary N) is 1. The van der Waals surface area contributed by atoms with Gasteiger partial charge in [0.2, 0.25) is 0 Å². The summed E-state index contributed by atoms with van der Waals surface area (Å²) in [6.45, 7) is 0.818. The molecule has 1 aliphatic heterocycles. The van der Waals surface area contributed by atoms with Crippen molar-refractivity contribution in [1.82, 2.24) is 5.32 Å². The Bertz CT molecular complexity index is 364. The Morgan fingerprint density at radius 2 is 2.12 bits per heavy atom. The average Bonchev–Trinajstić information content (AvgIpc) is 2.32. The van der Waals surface area contributed by atoms with Crippen molar-refractivity contribution in [3.05, 3.63) is 35.4 Å². The Labute approximate surface area is 93.3 Å². The molecule has 2 atom stereocenters. The van der Waals surface area contributed by atoms with Gasteiger partial charge in [-0.1, -0.05) is 6.42 Å². The minimum Gasteiger partial charge on any atom is -0.387 e. The van der Waals surface area contributed by atoms with Crippen molar-refractivity contribution in [2.45, 2.75) is 31.4 Å². The summed E-state index contributed by atoms with van der Waals surface area (Å²) in [5, 5.41) is 13.1. The summed E-state index contributed by atoms with van der Waals surface area (Å²) in [4.78, 5) is 0. The lowest BCUT2D eigenvalue weighted by Gasteiger charge is -2.28. The SMILES string of the molecule is OC(c1cc(F)ccc1F)C1CCCCN1. The van der Waals surface area contributed by atoms with Gasteiger partial charge < -0.3 is 10.4 Å². The smallest absolute Gasteiger partial charge is 0.129 e. The highest BCUT2D eigenvalue weighted by atomic mass is 19.1. The van der Waals surface area contributed by atoms with E-state index in [2.05, 4.69) is 5.32 Å². The second-order valence-electron chi connectivity index (χ2n) is 4.17. The molecule has 1 aromatic carbocycles. The van der Waals surface area contributed by atoms with Crippen LogP contribution in [0.15, 0.2) is 18.2 Å². The molecule has 1 heterocycles. The average molecular weight is 227 g/mol. The van der Waals surface area contributed by atoms with E-state index in [1.165, 1.54) is 0 Å². The molecular weight excluding hydrogens is 212 g/mol. The van der Waals surface area contributed by atoms with Gasteiger partial charge in [-0.3, -0.25) is 0 Å². The van der Waals surface area contributed by atoms with Crippen molar-refractivity contribution in [1.29, 1.82) is 0 Å². The molecule has 1 saturated heterocycles. The number of hydrogen-bond donors (Lipinski definition) is 2. The van der Waals surface area contributed by atoms with E-state index in [-0.39, 0.29) is 11.6 Å². The topological polar surface area (TPSA) is 32.3 Å². The molecule has 2 unspecified atom stereocenters. The van der Waals surface area contributed by atoms with Gasteiger partial charge in [0, 0.05) is 11.6 Å². The third-order valence-electron chi connectivity index (χ3n) is 3.01. The number of aliphatic hydroxyl groups is 1. The van der Waals surface area contributed by atoms with Crippen LogP contribution >= 0.6 is 0 Å². The lowest BCUT2D eigenvalue weighted by molar-refractivity contribution is 0.110. The molecule has 16 heavy (non-hydrogen) atoms. The summed E-state index contributed by atoms with van der Waals surface area (Å²) >= 11 is 0. The number of piperidine rings is 1. The molecule has 0 amide bonds. The molecule has 2 nitrogen and oxygen atoms in total. The van der Waals surface area contributed by atoms with Crippen molar-refractivity contribution < 1.29 is 13.9 Å². The Balaban J connectivity index is 2.18. The highest BCUT2D eigenvalue weighted by Crippen LogP contribution is 2.25. The fraction of sp³-hybridized carbons (Fsp3) is 0.500. The minimum atomic E-state index is -0.976. The van der Waals surface area contributed by atoms with Gasteiger partial charge in [0.15, 0.2) is 0 Å². The minimum absolute atomic E-state index is 0.0411. The lowest BCUT2D eigenvalue weighted by atomic mass is 9.94. The maximum atomic E-state index is 13.4. The zero-order chi connectivity index (χ0) is 11.5. The molecule has 0 bridgehead atoms. The lowest BCUT2D eigenvalue weighted by Crippen LogP contribution is -2.39. The third-order valence-corrected chi connectivity index (χ3v) is 3.01. The molecule has 1 aliphatic rings. The normalized spacial score (nSPS) is 23.1. The van der Waals surface area contributed by atoms with Gasteiger partial charge in [-0.25, -0.2) is 8.78 Å². The standard InChI is InChI=1S/C12H15F2NO/c13-8-4-5-10(14)9(7-8)12(16)11-3-1-2-6-15-11/h4-5,7,11-12,15-16H,1-3,6H2. The Morgan fingerprint density at radius 3 is 2.81 bits per heavy atom. The van der Waals surface area contributed by atoms with Crippen LogP contribution in [0.4, 0.5) is 8.78 Å². The molecule has 2 N–H and O–H groups in total. The maximum Gasteiger partial charge on any atom is 0.129 e. The quantitative estimate of drug-likeness (QED) is 0.811. The van der Waals surface area contributed by atoms with E-state index in [1.54, 1.807) is 0 Å². The van der Waals surface area contributed by atoms with E-state index < -0.39 is 17.7 Å². The summed E-state index contributed by atoms with van der Waals surface area (Å²) < 4.78 is 26.4. The second kappa shape index (κ2) is 4.89. The molecule has 0 aromatic heterocycles. The van der Waals surface area contributed by atoms with E-state index in [0.717, 1.165) is 44.0 Å². The number of rotatable bonds is 2. The van der Waals surface area contributed by atoms with Crippen LogP contribution in [0, 0.1) is 11.6 Å². The molecule has 0 aliphatic carbocycles. The highest BCUT2D eigenvalue weighted by molar-refractivity contribution is 5.22. The molecule has 88 valence electrons. The van der Waals surface area contributed by atoms with E-state index in [1.807, 2.05) is 0 Å². The predicted molar refractivity (Wildman–Crippen MR) is 57.0 cm³/mol. The molecule has 1 aromatic rings. The fourth-order valence-electron chi connectivity index (χ4n) is 2.11. The molecule has 2 rings (SSSR count). The largest absolute Gasteiger partial charge is 0.387 e. The number of aliphatic hydroxyl groups excluding tert-OH is 1. The Morgan fingerprint density at radius 1 is 1.31 bits per heavy atom. The van der Waals surface area contributed by atoms with Crippen LogP contribution in [-0.4, -0.2) is 17.7 Å². The van der Waals surface area contributed by atoms with Gasteiger partial charge in [-0.15, -0.1) is 0 Å². The zero-order valence-corrected chi connectivity index (χ0v) is 8.92. The summed E-state index contributed by atoms with van der Waals surface area (Å²) in [5.74, 6) is -1.08. The molecule has 1 fully saturated rings. The van der Waals surface area contributed by atoms with Crippen LogP contribution in [0.25, 0.3) is 0 Å². The summed E-state index contributed by atoms with van der Waals surface area (Å²) in [6.07, 6.45) is 1.88. The summed E-state index contributed by atoms with van der Waals surface area (Å²) in [6, 6.07) is 3.00. The first-order valence-electron chi connectivity index (χ1n) is 5.55. The van der Waals surface area contributed by atoms with Gasteiger partial charge in [-0.2, -0.15) is 0 Å². The van der Waals surface area contributed by atoms with Gasteiger partial charge >= 0.3 is 0 Å². The van der Waals surface area contributed by atoms with E-state index in [4.69, 9.17) is 0 Å². The van der Waals surface area contributed by atoms with Crippen LogP contribution in [-0.2, 0) is 0 Å². The Kier molecular flexibility index (Phi) is 3.51. The van der Waals surface area contributed by atoms with Crippen LogP contribution < -0.4 is 5.32 Å². The summed E-state index contributed by atoms with van der Waals surface area (Å²) in [7, 11) is 0. The molecular formula is C12H15F2NO. The molecule has 0 spiro atoms. The van der Waals surface area contributed by atoms with Crippen molar-refractivity contribution in [3.63, 3.8) is 0 Å². The van der Waals surface area contributed by atoms with Crippen LogP contribution in [0.5, 0.6) is 0 Å². The van der Waals surface area contributed by atoms with Crippen LogP contribution in [0.1, 0.15) is 30.9 Å². The number of halogens is 2. The second-order valence-corrected chi connectivity index (χ2v) is 4.17. The fourth-order valence-corrected chi connectivity index (χ4v) is 2.11. The highest BCUT2D eigenvalue weighted by Gasteiger charge is 2.25. The van der Waals surface area contributed by atoms with Gasteiger partial charge in [0.05, 0.1) is 6.10 Å². The number of hydrogen-bond acceptors (Lipinski definition) is 2. The van der Waals surface area contributed by atoms with E-state index >= 15 is 0 Å². The summed E-state index contributed by atoms with van der Waals surface area (Å²) in [5.41, 5.74) is 0.0411. The van der Waals surface area contributed by atoms with E-state index in [0.29, 0.717) is 0 Å². The zero-order valence-electron chi connectivity index (χ0n) is 8.92. The third kappa shape index (κ3) is 2.39. The maximum absolute atomic E-state index is 13.4. The number of benzene rings is 1. The molecule has 0 radical (unpaired) electrons. The van der Waals surface area contributed by atoms with Gasteiger partial charge in [-0.05, 0) is 37.6 Å². The molecule has 4 heteroatoms. The Hall–Kier alpha value is -1.00. The van der Waals surface area contributed by atoms with Gasteiger partial charge in [0.25, 0.3) is 0 Å². The molecule has 0 saturated carbocycles. The van der Waals surface area contributed by atoms with Crippen molar-refractivity contribution >= 4 is 0 Å². The van der Waals surface area contributed by atoms with E-state index in [9.17, 15) is 13.9 Å². The first kappa shape index (κ1) is 11.5. The first-order chi connectivity index (χ1) is 7.68. The monoisotopic (exact) mass is 227 g/mol. The predicted octanol–water partition coefficient (Wildman–Crippen LogP) is 2.14. The van der Waals surface area contributed by atoms with Crippen LogP contribution in [0.2, 0.25) is 0 Å². The van der Waals surface area contributed by atoms with Crippen molar-refractivity contribution in [2.75, 3.05) is 6.54 Å². The van der Waals surface area contributed by atoms with Crippen LogP contribution in [0.3, 0.4) is 0 Å².